The molecule has 2 N–H and O–H groups in total. The maximum Gasteiger partial charge on any atom is 0.226 e. The first-order valence-corrected chi connectivity index (χ1v) is 9.02. The third-order valence-electron chi connectivity index (χ3n) is 3.85. The van der Waals surface area contributed by atoms with Crippen molar-refractivity contribution in [3.8, 4) is 5.69 Å². The minimum absolute atomic E-state index is 0. The first kappa shape index (κ1) is 18.8. The number of aryl methyl sites for hydroxylation is 2. The molecule has 130 valence electrons. The number of anilines is 1. The summed E-state index contributed by atoms with van der Waals surface area (Å²) < 4.78 is 1.87. The first-order valence-electron chi connectivity index (χ1n) is 7.87. The van der Waals surface area contributed by atoms with Crippen molar-refractivity contribution in [3.05, 3.63) is 41.7 Å². The van der Waals surface area contributed by atoms with Crippen LogP contribution in [-0.2, 0) is 4.79 Å². The third kappa shape index (κ3) is 4.53. The molecule has 1 aliphatic rings. The lowest BCUT2D eigenvalue weighted by molar-refractivity contribution is -0.116. The van der Waals surface area contributed by atoms with E-state index in [-0.39, 0.29) is 24.4 Å². The van der Waals surface area contributed by atoms with Crippen LogP contribution in [0.4, 0.5) is 5.69 Å². The van der Waals surface area contributed by atoms with Gasteiger partial charge in [-0.2, -0.15) is 16.9 Å². The topological polar surface area (TPSA) is 59.0 Å². The van der Waals surface area contributed by atoms with Gasteiger partial charge in [-0.15, -0.1) is 12.4 Å². The van der Waals surface area contributed by atoms with Crippen LogP contribution in [0.5, 0.6) is 0 Å². The number of amides is 1. The van der Waals surface area contributed by atoms with Crippen LogP contribution in [-0.4, -0.2) is 39.8 Å². The van der Waals surface area contributed by atoms with E-state index in [0.717, 1.165) is 40.8 Å². The molecule has 7 heteroatoms. The fourth-order valence-corrected chi connectivity index (χ4v) is 3.76. The zero-order valence-corrected chi connectivity index (χ0v) is 15.5. The molecule has 0 spiro atoms. The van der Waals surface area contributed by atoms with E-state index < -0.39 is 0 Å². The second-order valence-electron chi connectivity index (χ2n) is 5.83. The van der Waals surface area contributed by atoms with Gasteiger partial charge < -0.3 is 10.6 Å². The fourth-order valence-electron chi connectivity index (χ4n) is 2.81. The van der Waals surface area contributed by atoms with Gasteiger partial charge in [-0.3, -0.25) is 4.79 Å². The number of halogens is 1. The molecule has 1 aromatic heterocycles. The molecule has 1 unspecified atom stereocenters. The summed E-state index contributed by atoms with van der Waals surface area (Å²) in [6, 6.07) is 10.1. The van der Waals surface area contributed by atoms with Gasteiger partial charge in [0.15, 0.2) is 0 Å². The predicted molar refractivity (Wildman–Crippen MR) is 103 cm³/mol. The number of carbonyl (C=O) groups excluding carboxylic acids is 1. The summed E-state index contributed by atoms with van der Waals surface area (Å²) in [6.45, 7) is 4.96. The van der Waals surface area contributed by atoms with Gasteiger partial charge in [-0.1, -0.05) is 12.1 Å². The van der Waals surface area contributed by atoms with Gasteiger partial charge in [0.05, 0.1) is 17.1 Å². The quantitative estimate of drug-likeness (QED) is 0.873. The van der Waals surface area contributed by atoms with Gasteiger partial charge in [0.25, 0.3) is 0 Å². The monoisotopic (exact) mass is 366 g/mol. The Morgan fingerprint density at radius 1 is 1.42 bits per heavy atom. The van der Waals surface area contributed by atoms with Crippen LogP contribution in [0.25, 0.3) is 5.69 Å². The molecule has 0 aliphatic carbocycles. The largest absolute Gasteiger partial charge is 0.324 e. The molecule has 0 bridgehead atoms. The van der Waals surface area contributed by atoms with Crippen LogP contribution in [0.15, 0.2) is 30.3 Å². The lowest BCUT2D eigenvalue weighted by atomic mass is 10.2. The molecule has 3 rings (SSSR count). The summed E-state index contributed by atoms with van der Waals surface area (Å²) in [4.78, 5) is 12.4. The minimum Gasteiger partial charge on any atom is -0.324 e. The Morgan fingerprint density at radius 2 is 2.21 bits per heavy atom. The van der Waals surface area contributed by atoms with E-state index in [1.54, 1.807) is 0 Å². The average Bonchev–Trinajstić information content (AvgIpc) is 2.87. The molecule has 24 heavy (non-hydrogen) atoms. The molecule has 1 saturated heterocycles. The number of aromatic nitrogens is 2. The van der Waals surface area contributed by atoms with Crippen LogP contribution in [0, 0.1) is 13.8 Å². The van der Waals surface area contributed by atoms with Gasteiger partial charge in [0.1, 0.15) is 0 Å². The van der Waals surface area contributed by atoms with E-state index >= 15 is 0 Å². The SMILES string of the molecule is Cc1cc(C)n(-c2ccccc2NC(=O)CC2CSCCN2)n1.Cl. The summed E-state index contributed by atoms with van der Waals surface area (Å²) in [5.74, 6) is 2.16. The van der Waals surface area contributed by atoms with Crippen LogP contribution >= 0.6 is 24.2 Å². The van der Waals surface area contributed by atoms with Crippen LogP contribution in [0.1, 0.15) is 17.8 Å². The van der Waals surface area contributed by atoms with Crippen molar-refractivity contribution in [2.24, 2.45) is 0 Å². The molecular formula is C17H23ClN4OS. The van der Waals surface area contributed by atoms with Gasteiger partial charge >= 0.3 is 0 Å². The number of nitrogens with one attached hydrogen (secondary N) is 2. The lowest BCUT2D eigenvalue weighted by Crippen LogP contribution is -2.40. The molecule has 1 atom stereocenters. The third-order valence-corrected chi connectivity index (χ3v) is 4.98. The van der Waals surface area contributed by atoms with Gasteiger partial charge in [0, 0.05) is 36.2 Å². The van der Waals surface area contributed by atoms with E-state index in [0.29, 0.717) is 6.42 Å². The van der Waals surface area contributed by atoms with Crippen LogP contribution in [0.3, 0.4) is 0 Å². The number of thioether (sulfide) groups is 1. The van der Waals surface area contributed by atoms with E-state index in [1.165, 1.54) is 0 Å². The molecule has 1 aromatic carbocycles. The lowest BCUT2D eigenvalue weighted by Gasteiger charge is -2.22. The fraction of sp³-hybridized carbons (Fsp3) is 0.412. The molecule has 1 amide bonds. The molecule has 0 saturated carbocycles. The van der Waals surface area contributed by atoms with Crippen molar-refractivity contribution in [1.82, 2.24) is 15.1 Å². The van der Waals surface area contributed by atoms with Crippen molar-refractivity contribution in [1.29, 1.82) is 0 Å². The van der Waals surface area contributed by atoms with Crippen molar-refractivity contribution < 1.29 is 4.79 Å². The molecule has 2 heterocycles. The molecule has 1 aliphatic heterocycles. The highest BCUT2D eigenvalue weighted by Gasteiger charge is 2.18. The Morgan fingerprint density at radius 3 is 2.88 bits per heavy atom. The highest BCUT2D eigenvalue weighted by atomic mass is 35.5. The second kappa shape index (κ2) is 8.55. The highest BCUT2D eigenvalue weighted by Crippen LogP contribution is 2.22. The van der Waals surface area contributed by atoms with Crippen LogP contribution < -0.4 is 10.6 Å². The Balaban J connectivity index is 0.00000208. The predicted octanol–water partition coefficient (Wildman–Crippen LogP) is 2.94. The first-order chi connectivity index (χ1) is 11.1. The van der Waals surface area contributed by atoms with Gasteiger partial charge in [-0.25, -0.2) is 4.68 Å². The normalized spacial score (nSPS) is 17.2. The highest BCUT2D eigenvalue weighted by molar-refractivity contribution is 7.99. The molecule has 2 aromatic rings. The van der Waals surface area contributed by atoms with Gasteiger partial charge in [-0.05, 0) is 32.0 Å². The Kier molecular flexibility index (Phi) is 6.71. The maximum atomic E-state index is 12.4. The number of hydrogen-bond acceptors (Lipinski definition) is 4. The summed E-state index contributed by atoms with van der Waals surface area (Å²) in [7, 11) is 0. The van der Waals surface area contributed by atoms with Crippen molar-refractivity contribution in [2.75, 3.05) is 23.4 Å². The number of para-hydroxylation sites is 2. The van der Waals surface area contributed by atoms with E-state index in [1.807, 2.05) is 60.6 Å². The molecule has 0 radical (unpaired) electrons. The van der Waals surface area contributed by atoms with Crippen molar-refractivity contribution in [3.63, 3.8) is 0 Å². The minimum atomic E-state index is 0. The summed E-state index contributed by atoms with van der Waals surface area (Å²) >= 11 is 1.90. The number of benzene rings is 1. The molecule has 5 nitrogen and oxygen atoms in total. The maximum absolute atomic E-state index is 12.4. The van der Waals surface area contributed by atoms with Gasteiger partial charge in [0.2, 0.25) is 5.91 Å². The Labute approximate surface area is 153 Å². The zero-order valence-electron chi connectivity index (χ0n) is 13.9. The Bertz CT molecular complexity index is 698. The number of hydrogen-bond donors (Lipinski definition) is 2. The number of carbonyl (C=O) groups is 1. The van der Waals surface area contributed by atoms with Crippen LogP contribution in [0.2, 0.25) is 0 Å². The van der Waals surface area contributed by atoms with E-state index in [4.69, 9.17) is 0 Å². The summed E-state index contributed by atoms with van der Waals surface area (Å²) in [5, 5.41) is 11.0. The second-order valence-corrected chi connectivity index (χ2v) is 6.98. The van der Waals surface area contributed by atoms with E-state index in [9.17, 15) is 4.79 Å². The standard InChI is InChI=1S/C17H22N4OS.ClH/c1-12-9-13(2)21(20-12)16-6-4-3-5-15(16)19-17(22)10-14-11-23-8-7-18-14;/h3-6,9,14,18H,7-8,10-11H2,1-2H3,(H,19,22);1H. The number of rotatable bonds is 4. The summed E-state index contributed by atoms with van der Waals surface area (Å²) in [6.07, 6.45) is 0.498. The van der Waals surface area contributed by atoms with E-state index in [2.05, 4.69) is 15.7 Å². The Hall–Kier alpha value is -1.50. The number of nitrogens with zero attached hydrogens (tertiary/aromatic N) is 2. The smallest absolute Gasteiger partial charge is 0.226 e. The molecule has 1 fully saturated rings. The average molecular weight is 367 g/mol. The van der Waals surface area contributed by atoms with Crippen molar-refractivity contribution >= 4 is 35.8 Å². The summed E-state index contributed by atoms with van der Waals surface area (Å²) in [5.41, 5.74) is 3.71. The zero-order chi connectivity index (χ0) is 16.2. The van der Waals surface area contributed by atoms with Crippen molar-refractivity contribution in [2.45, 2.75) is 26.3 Å². The molecular weight excluding hydrogens is 344 g/mol.